The molecule has 0 bridgehead atoms. The molecule has 90 valence electrons. The van der Waals surface area contributed by atoms with Crippen LogP contribution in [0.15, 0.2) is 18.2 Å². The summed E-state index contributed by atoms with van der Waals surface area (Å²) in [5, 5.41) is 9.82. The fraction of sp³-hybridized carbons (Fsp3) is 0.250. The van der Waals surface area contributed by atoms with Crippen molar-refractivity contribution in [2.24, 2.45) is 7.05 Å². The number of aromatic carboxylic acids is 1. The summed E-state index contributed by atoms with van der Waals surface area (Å²) in [5.74, 6) is 0.271. The molecule has 0 fully saturated rings. The van der Waals surface area contributed by atoms with Gasteiger partial charge in [-0.3, -0.25) is 0 Å². The summed E-state index contributed by atoms with van der Waals surface area (Å²) in [7, 11) is 4.79. The first kappa shape index (κ1) is 11.3. The average Bonchev–Trinajstić information content (AvgIpc) is 2.67. The van der Waals surface area contributed by atoms with Gasteiger partial charge in [-0.2, -0.15) is 0 Å². The minimum absolute atomic E-state index is 0.197. The smallest absolute Gasteiger partial charge is 0.352 e. The van der Waals surface area contributed by atoms with Gasteiger partial charge < -0.3 is 19.1 Å². The monoisotopic (exact) mass is 235 g/mol. The molecule has 1 heterocycles. The van der Waals surface area contributed by atoms with Crippen molar-refractivity contribution in [2.75, 3.05) is 14.2 Å². The molecule has 0 aliphatic carbocycles. The van der Waals surface area contributed by atoms with E-state index in [1.165, 1.54) is 0 Å². The van der Waals surface area contributed by atoms with Crippen LogP contribution in [0.1, 0.15) is 10.5 Å². The van der Waals surface area contributed by atoms with E-state index in [4.69, 9.17) is 14.6 Å². The SMILES string of the molecule is COc1ccc(OC)c2c1cc(C(=O)O)n2C. The van der Waals surface area contributed by atoms with E-state index in [1.54, 1.807) is 44.0 Å². The summed E-state index contributed by atoms with van der Waals surface area (Å²) in [6, 6.07) is 5.10. The highest BCUT2D eigenvalue weighted by Gasteiger charge is 2.17. The molecule has 0 unspecified atom stereocenters. The lowest BCUT2D eigenvalue weighted by Crippen LogP contribution is -2.04. The Balaban J connectivity index is 2.87. The second-order valence-electron chi connectivity index (χ2n) is 3.63. The van der Waals surface area contributed by atoms with Crippen molar-refractivity contribution < 1.29 is 19.4 Å². The Morgan fingerprint density at radius 1 is 1.24 bits per heavy atom. The number of carboxylic acid groups (broad SMARTS) is 1. The largest absolute Gasteiger partial charge is 0.496 e. The van der Waals surface area contributed by atoms with E-state index in [0.717, 1.165) is 5.39 Å². The van der Waals surface area contributed by atoms with E-state index >= 15 is 0 Å². The summed E-state index contributed by atoms with van der Waals surface area (Å²) in [5.41, 5.74) is 0.909. The van der Waals surface area contributed by atoms with Gasteiger partial charge >= 0.3 is 5.97 Å². The van der Waals surface area contributed by atoms with Gasteiger partial charge in [0.25, 0.3) is 0 Å². The molecule has 0 saturated carbocycles. The van der Waals surface area contributed by atoms with Gasteiger partial charge in [-0.15, -0.1) is 0 Å². The predicted molar refractivity (Wildman–Crippen MR) is 63.0 cm³/mol. The molecular formula is C12H13NO4. The summed E-state index contributed by atoms with van der Waals surface area (Å²) < 4.78 is 12.0. The summed E-state index contributed by atoms with van der Waals surface area (Å²) in [6.45, 7) is 0. The molecule has 0 radical (unpaired) electrons. The van der Waals surface area contributed by atoms with Gasteiger partial charge in [-0.1, -0.05) is 0 Å². The number of aromatic nitrogens is 1. The molecule has 0 amide bonds. The van der Waals surface area contributed by atoms with Crippen LogP contribution in [0, 0.1) is 0 Å². The lowest BCUT2D eigenvalue weighted by atomic mass is 10.2. The quantitative estimate of drug-likeness (QED) is 0.882. The van der Waals surface area contributed by atoms with Crippen molar-refractivity contribution in [3.8, 4) is 11.5 Å². The molecule has 17 heavy (non-hydrogen) atoms. The minimum atomic E-state index is -0.979. The molecule has 2 aromatic rings. The topological polar surface area (TPSA) is 60.7 Å². The lowest BCUT2D eigenvalue weighted by Gasteiger charge is -2.08. The molecule has 0 aliphatic heterocycles. The first-order chi connectivity index (χ1) is 8.10. The Hall–Kier alpha value is -2.17. The number of rotatable bonds is 3. The molecule has 1 aromatic heterocycles. The molecule has 0 saturated heterocycles. The molecular weight excluding hydrogens is 222 g/mol. The van der Waals surface area contributed by atoms with Gasteiger partial charge in [0.05, 0.1) is 19.7 Å². The van der Waals surface area contributed by atoms with Gasteiger partial charge in [-0.05, 0) is 18.2 Å². The van der Waals surface area contributed by atoms with Gasteiger partial charge in [0, 0.05) is 12.4 Å². The van der Waals surface area contributed by atoms with Crippen molar-refractivity contribution in [3.63, 3.8) is 0 Å². The Morgan fingerprint density at radius 2 is 1.82 bits per heavy atom. The molecule has 5 heteroatoms. The fourth-order valence-corrected chi connectivity index (χ4v) is 1.96. The highest BCUT2D eigenvalue weighted by molar-refractivity contribution is 5.99. The van der Waals surface area contributed by atoms with Crippen LogP contribution in [0.3, 0.4) is 0 Å². The van der Waals surface area contributed by atoms with Gasteiger partial charge in [0.15, 0.2) is 0 Å². The number of ether oxygens (including phenoxy) is 2. The van der Waals surface area contributed by atoms with Crippen molar-refractivity contribution in [1.29, 1.82) is 0 Å². The second kappa shape index (κ2) is 4.01. The molecule has 0 atom stereocenters. The van der Waals surface area contributed by atoms with E-state index in [-0.39, 0.29) is 5.69 Å². The van der Waals surface area contributed by atoms with Crippen LogP contribution in [-0.2, 0) is 7.05 Å². The number of aryl methyl sites for hydroxylation is 1. The number of benzene rings is 1. The summed E-state index contributed by atoms with van der Waals surface area (Å²) >= 11 is 0. The number of methoxy groups -OCH3 is 2. The zero-order valence-corrected chi connectivity index (χ0v) is 9.85. The van der Waals surface area contributed by atoms with Gasteiger partial charge in [0.2, 0.25) is 0 Å². The first-order valence-corrected chi connectivity index (χ1v) is 5.03. The zero-order valence-electron chi connectivity index (χ0n) is 9.85. The zero-order chi connectivity index (χ0) is 12.6. The van der Waals surface area contributed by atoms with Gasteiger partial charge in [-0.25, -0.2) is 4.79 Å². The predicted octanol–water partition coefficient (Wildman–Crippen LogP) is 1.89. The number of fused-ring (bicyclic) bond motifs is 1. The second-order valence-corrected chi connectivity index (χ2v) is 3.63. The molecule has 1 aromatic carbocycles. The number of hydrogen-bond donors (Lipinski definition) is 1. The molecule has 0 spiro atoms. The number of hydrogen-bond acceptors (Lipinski definition) is 3. The van der Waals surface area contributed by atoms with Crippen molar-refractivity contribution in [1.82, 2.24) is 4.57 Å². The number of carboxylic acids is 1. The van der Waals surface area contributed by atoms with Crippen LogP contribution in [0.25, 0.3) is 10.9 Å². The molecule has 1 N–H and O–H groups in total. The highest BCUT2D eigenvalue weighted by Crippen LogP contribution is 2.34. The molecule has 2 rings (SSSR count). The van der Waals surface area contributed by atoms with Crippen molar-refractivity contribution in [3.05, 3.63) is 23.9 Å². The minimum Gasteiger partial charge on any atom is -0.496 e. The maximum Gasteiger partial charge on any atom is 0.352 e. The first-order valence-electron chi connectivity index (χ1n) is 5.03. The maximum atomic E-state index is 11.1. The summed E-state index contributed by atoms with van der Waals surface area (Å²) in [6.07, 6.45) is 0. The van der Waals surface area contributed by atoms with E-state index in [2.05, 4.69) is 0 Å². The van der Waals surface area contributed by atoms with E-state index in [0.29, 0.717) is 17.0 Å². The third-order valence-corrected chi connectivity index (χ3v) is 2.78. The van der Waals surface area contributed by atoms with Crippen LogP contribution < -0.4 is 9.47 Å². The molecule has 5 nitrogen and oxygen atoms in total. The summed E-state index contributed by atoms with van der Waals surface area (Å²) in [4.78, 5) is 11.1. The van der Waals surface area contributed by atoms with Gasteiger partial charge in [0.1, 0.15) is 17.2 Å². The van der Waals surface area contributed by atoms with E-state index in [9.17, 15) is 4.79 Å². The van der Waals surface area contributed by atoms with Crippen LogP contribution in [0.5, 0.6) is 11.5 Å². The average molecular weight is 235 g/mol. The third-order valence-electron chi connectivity index (χ3n) is 2.78. The lowest BCUT2D eigenvalue weighted by molar-refractivity contribution is 0.0687. The third kappa shape index (κ3) is 1.60. The van der Waals surface area contributed by atoms with Crippen molar-refractivity contribution >= 4 is 16.9 Å². The van der Waals surface area contributed by atoms with Crippen molar-refractivity contribution in [2.45, 2.75) is 0 Å². The Kier molecular flexibility index (Phi) is 2.67. The van der Waals surface area contributed by atoms with Crippen LogP contribution in [-0.4, -0.2) is 29.9 Å². The van der Waals surface area contributed by atoms with E-state index < -0.39 is 5.97 Å². The van der Waals surface area contributed by atoms with Crippen LogP contribution in [0.4, 0.5) is 0 Å². The Morgan fingerprint density at radius 3 is 2.35 bits per heavy atom. The number of carbonyl (C=O) groups is 1. The fourth-order valence-electron chi connectivity index (χ4n) is 1.96. The highest BCUT2D eigenvalue weighted by atomic mass is 16.5. The molecule has 0 aliphatic rings. The Bertz CT molecular complexity index is 586. The standard InChI is InChI=1S/C12H13NO4/c1-13-8(12(14)15)6-7-9(16-2)4-5-10(17-3)11(7)13/h4-6H,1-3H3,(H,14,15). The van der Waals surface area contributed by atoms with E-state index in [1.807, 2.05) is 0 Å². The van der Waals surface area contributed by atoms with Crippen LogP contribution in [0.2, 0.25) is 0 Å². The number of nitrogens with zero attached hydrogens (tertiary/aromatic N) is 1. The Labute approximate surface area is 98.2 Å². The maximum absolute atomic E-state index is 11.1. The van der Waals surface area contributed by atoms with Crippen LogP contribution >= 0.6 is 0 Å². The normalized spacial score (nSPS) is 10.5.